The summed E-state index contributed by atoms with van der Waals surface area (Å²) < 4.78 is 0. The molecular formula is C16H24ClN3O2. The van der Waals surface area contributed by atoms with Gasteiger partial charge in [0.2, 0.25) is 5.91 Å². The van der Waals surface area contributed by atoms with Crippen LogP contribution in [0.2, 0.25) is 0 Å². The van der Waals surface area contributed by atoms with E-state index in [-0.39, 0.29) is 24.2 Å². The van der Waals surface area contributed by atoms with Gasteiger partial charge in [0, 0.05) is 17.8 Å². The topological polar surface area (TPSA) is 70.2 Å². The Morgan fingerprint density at radius 1 is 1.27 bits per heavy atom. The van der Waals surface area contributed by atoms with Gasteiger partial charge in [-0.15, -0.1) is 12.4 Å². The molecule has 1 aliphatic rings. The summed E-state index contributed by atoms with van der Waals surface area (Å²) in [6.45, 7) is 5.58. The van der Waals surface area contributed by atoms with Crippen LogP contribution >= 0.6 is 12.4 Å². The quantitative estimate of drug-likeness (QED) is 0.719. The Hall–Kier alpha value is -1.59. The molecule has 5 nitrogen and oxygen atoms in total. The minimum Gasteiger partial charge on any atom is -0.352 e. The lowest BCUT2D eigenvalue weighted by Crippen LogP contribution is -2.30. The fourth-order valence-electron chi connectivity index (χ4n) is 2.07. The molecule has 1 fully saturated rings. The summed E-state index contributed by atoms with van der Waals surface area (Å²) in [4.78, 5) is 23.7. The molecule has 0 aliphatic heterocycles. The van der Waals surface area contributed by atoms with Crippen molar-refractivity contribution in [1.82, 2.24) is 10.6 Å². The zero-order chi connectivity index (χ0) is 15.2. The first-order valence-electron chi connectivity index (χ1n) is 7.49. The number of amides is 2. The lowest BCUT2D eigenvalue weighted by molar-refractivity contribution is -0.115. The first-order chi connectivity index (χ1) is 10.1. The fraction of sp³-hybridized carbons (Fsp3) is 0.500. The third-order valence-electron chi connectivity index (χ3n) is 3.53. The molecule has 0 spiro atoms. The molecule has 22 heavy (non-hydrogen) atoms. The van der Waals surface area contributed by atoms with E-state index >= 15 is 0 Å². The van der Waals surface area contributed by atoms with Crippen molar-refractivity contribution in [2.75, 3.05) is 25.0 Å². The van der Waals surface area contributed by atoms with Crippen LogP contribution in [-0.4, -0.2) is 31.4 Å². The maximum absolute atomic E-state index is 11.9. The Bertz CT molecular complexity index is 530. The molecule has 122 valence electrons. The van der Waals surface area contributed by atoms with E-state index in [9.17, 15) is 9.59 Å². The van der Waals surface area contributed by atoms with Crippen molar-refractivity contribution in [2.45, 2.75) is 26.7 Å². The highest BCUT2D eigenvalue weighted by Crippen LogP contribution is 2.27. The van der Waals surface area contributed by atoms with Crippen molar-refractivity contribution >= 4 is 29.9 Å². The van der Waals surface area contributed by atoms with Gasteiger partial charge in [0.05, 0.1) is 6.54 Å². The zero-order valence-electron chi connectivity index (χ0n) is 13.1. The van der Waals surface area contributed by atoms with E-state index < -0.39 is 0 Å². The standard InChI is InChI=1S/C16H23N3O2.ClH/c1-3-18-16(21)13-7-4-11(2)14(8-13)19-15(20)10-17-9-12-5-6-12;/h4,7-8,12,17H,3,5-6,9-10H2,1-2H3,(H,18,21)(H,19,20);1H. The smallest absolute Gasteiger partial charge is 0.251 e. The Kier molecular flexibility index (Phi) is 7.35. The Morgan fingerprint density at radius 2 is 2.00 bits per heavy atom. The minimum atomic E-state index is -0.125. The summed E-state index contributed by atoms with van der Waals surface area (Å²) in [5.41, 5.74) is 2.19. The molecule has 0 saturated heterocycles. The third-order valence-corrected chi connectivity index (χ3v) is 3.53. The highest BCUT2D eigenvalue weighted by atomic mass is 35.5. The largest absolute Gasteiger partial charge is 0.352 e. The number of rotatable bonds is 7. The van der Waals surface area contributed by atoms with Crippen LogP contribution in [0.15, 0.2) is 18.2 Å². The van der Waals surface area contributed by atoms with Crippen LogP contribution in [0, 0.1) is 12.8 Å². The van der Waals surface area contributed by atoms with Gasteiger partial charge in [-0.25, -0.2) is 0 Å². The summed E-state index contributed by atoms with van der Waals surface area (Å²) in [5, 5.41) is 8.76. The van der Waals surface area contributed by atoms with E-state index in [1.165, 1.54) is 12.8 Å². The van der Waals surface area contributed by atoms with Crippen LogP contribution in [0.4, 0.5) is 5.69 Å². The van der Waals surface area contributed by atoms with Crippen LogP contribution < -0.4 is 16.0 Å². The van der Waals surface area contributed by atoms with Crippen LogP contribution in [0.3, 0.4) is 0 Å². The average Bonchev–Trinajstić information content (AvgIpc) is 3.25. The number of benzene rings is 1. The molecule has 1 aliphatic carbocycles. The highest BCUT2D eigenvalue weighted by Gasteiger charge is 2.20. The van der Waals surface area contributed by atoms with Gasteiger partial charge in [-0.2, -0.15) is 0 Å². The van der Waals surface area contributed by atoms with Crippen molar-refractivity contribution < 1.29 is 9.59 Å². The third kappa shape index (κ3) is 5.66. The average molecular weight is 326 g/mol. The maximum Gasteiger partial charge on any atom is 0.251 e. The van der Waals surface area contributed by atoms with E-state index in [1.807, 2.05) is 19.9 Å². The predicted molar refractivity (Wildman–Crippen MR) is 90.7 cm³/mol. The maximum atomic E-state index is 11.9. The first kappa shape index (κ1) is 18.5. The Labute approximate surface area is 137 Å². The van der Waals surface area contributed by atoms with Crippen molar-refractivity contribution in [2.24, 2.45) is 5.92 Å². The molecule has 0 radical (unpaired) electrons. The lowest BCUT2D eigenvalue weighted by Gasteiger charge is -2.11. The first-order valence-corrected chi connectivity index (χ1v) is 7.49. The number of carbonyl (C=O) groups excluding carboxylic acids is 2. The normalized spacial score (nSPS) is 13.2. The summed E-state index contributed by atoms with van der Waals surface area (Å²) in [7, 11) is 0. The molecule has 2 rings (SSSR count). The van der Waals surface area contributed by atoms with E-state index in [0.29, 0.717) is 24.3 Å². The van der Waals surface area contributed by atoms with E-state index in [1.54, 1.807) is 12.1 Å². The van der Waals surface area contributed by atoms with Crippen molar-refractivity contribution in [3.63, 3.8) is 0 Å². The van der Waals surface area contributed by atoms with E-state index in [4.69, 9.17) is 0 Å². The number of hydrogen-bond acceptors (Lipinski definition) is 3. The predicted octanol–water partition coefficient (Wildman–Crippen LogP) is 2.10. The second-order valence-electron chi connectivity index (χ2n) is 5.51. The molecule has 0 atom stereocenters. The minimum absolute atomic E-state index is 0. The van der Waals surface area contributed by atoms with Gasteiger partial charge in [0.25, 0.3) is 5.91 Å². The van der Waals surface area contributed by atoms with Crippen molar-refractivity contribution in [3.05, 3.63) is 29.3 Å². The van der Waals surface area contributed by atoms with Crippen LogP contribution in [0.5, 0.6) is 0 Å². The van der Waals surface area contributed by atoms with Crippen LogP contribution in [-0.2, 0) is 4.79 Å². The van der Waals surface area contributed by atoms with E-state index in [0.717, 1.165) is 18.0 Å². The Balaban J connectivity index is 0.00000242. The van der Waals surface area contributed by atoms with Gasteiger partial charge in [-0.1, -0.05) is 6.07 Å². The molecule has 0 aromatic heterocycles. The Morgan fingerprint density at radius 3 is 2.64 bits per heavy atom. The number of carbonyl (C=O) groups is 2. The number of anilines is 1. The molecule has 3 N–H and O–H groups in total. The van der Waals surface area contributed by atoms with Gasteiger partial charge in [-0.05, 0) is 56.8 Å². The van der Waals surface area contributed by atoms with Crippen LogP contribution in [0.25, 0.3) is 0 Å². The molecule has 1 aromatic rings. The summed E-state index contributed by atoms with van der Waals surface area (Å²) >= 11 is 0. The molecule has 2 amide bonds. The molecule has 0 unspecified atom stereocenters. The highest BCUT2D eigenvalue weighted by molar-refractivity contribution is 5.98. The summed E-state index contributed by atoms with van der Waals surface area (Å²) in [6, 6.07) is 5.33. The summed E-state index contributed by atoms with van der Waals surface area (Å²) in [6.07, 6.45) is 2.53. The SMILES string of the molecule is CCNC(=O)c1ccc(C)c(NC(=O)CNCC2CC2)c1.Cl. The van der Waals surface area contributed by atoms with Gasteiger partial charge >= 0.3 is 0 Å². The molecule has 1 saturated carbocycles. The second-order valence-corrected chi connectivity index (χ2v) is 5.51. The van der Waals surface area contributed by atoms with Crippen molar-refractivity contribution in [1.29, 1.82) is 0 Å². The second kappa shape index (κ2) is 8.76. The number of halogens is 1. The number of nitrogens with one attached hydrogen (secondary N) is 3. The van der Waals surface area contributed by atoms with Gasteiger partial charge < -0.3 is 16.0 Å². The van der Waals surface area contributed by atoms with Crippen LogP contribution in [0.1, 0.15) is 35.7 Å². The molecular weight excluding hydrogens is 302 g/mol. The molecule has 6 heteroatoms. The van der Waals surface area contributed by atoms with Gasteiger partial charge in [0.15, 0.2) is 0 Å². The lowest BCUT2D eigenvalue weighted by atomic mass is 10.1. The molecule has 1 aromatic carbocycles. The monoisotopic (exact) mass is 325 g/mol. The molecule has 0 bridgehead atoms. The zero-order valence-corrected chi connectivity index (χ0v) is 13.9. The molecule has 0 heterocycles. The van der Waals surface area contributed by atoms with Crippen molar-refractivity contribution in [3.8, 4) is 0 Å². The number of aryl methyl sites for hydroxylation is 1. The van der Waals surface area contributed by atoms with Gasteiger partial charge in [-0.3, -0.25) is 9.59 Å². The number of hydrogen-bond donors (Lipinski definition) is 3. The van der Waals surface area contributed by atoms with E-state index in [2.05, 4.69) is 16.0 Å². The summed E-state index contributed by atoms with van der Waals surface area (Å²) in [5.74, 6) is 0.548. The van der Waals surface area contributed by atoms with Gasteiger partial charge in [0.1, 0.15) is 0 Å². The fourth-order valence-corrected chi connectivity index (χ4v) is 2.07.